The van der Waals surface area contributed by atoms with Crippen molar-refractivity contribution in [2.24, 2.45) is 0 Å². The Balaban J connectivity index is 2.25. The molecule has 0 atom stereocenters. The van der Waals surface area contributed by atoms with Crippen LogP contribution in [0.5, 0.6) is 0 Å². The summed E-state index contributed by atoms with van der Waals surface area (Å²) in [6.45, 7) is -3.48. The van der Waals surface area contributed by atoms with Crippen LogP contribution >= 0.6 is 0 Å². The van der Waals surface area contributed by atoms with E-state index < -0.39 is 199 Å². The number of hydrogen-bond donors (Lipinski definition) is 6. The molecule has 0 aromatic heterocycles. The van der Waals surface area contributed by atoms with Gasteiger partial charge in [0.2, 0.25) is 23.2 Å². The van der Waals surface area contributed by atoms with Crippen LogP contribution < -0.4 is 43.6 Å². The van der Waals surface area contributed by atoms with E-state index in [1.807, 2.05) is 0 Å². The number of nitrogens with two attached hydrogens (primary N) is 4. The molecule has 2 amide bonds. The number of anilines is 8. The molecule has 0 aliphatic rings. The SMILES string of the molecule is Nc1c([N+](=O)[O-])c(N)c([N+](=O)[O-])c(NC(=O)CCN(c2c([N+](=O)[O-])cc([N+](=O)[O-])c(N(CCC(=O)Nc3c([N+](=O)[O-])c(N)c([N+](=O)[O-])c(N)c3[N+](=O)[O-])[N+](=O)[O-])c2[N+](=O)[O-])[N+](=O)[O-])c1[N+](=O)[O-]. The quantitative estimate of drug-likeness (QED) is 0.0497. The fourth-order valence-electron chi connectivity index (χ4n) is 5.84. The monoisotopic (exact) mass is 957 g/mol. The molecule has 0 aliphatic heterocycles. The summed E-state index contributed by atoms with van der Waals surface area (Å²) in [6.07, 6.45) is -3.19. The highest BCUT2D eigenvalue weighted by Gasteiger charge is 2.49. The van der Waals surface area contributed by atoms with E-state index in [0.29, 0.717) is 0 Å². The van der Waals surface area contributed by atoms with Crippen LogP contribution in [-0.2, 0) is 9.59 Å². The number of nitrogen functional groups attached to an aromatic ring is 4. The van der Waals surface area contributed by atoms with E-state index >= 15 is 0 Å². The zero-order valence-corrected chi connectivity index (χ0v) is 31.8. The predicted molar refractivity (Wildman–Crippen MR) is 212 cm³/mol. The van der Waals surface area contributed by atoms with Crippen molar-refractivity contribution in [3.63, 3.8) is 0 Å². The molecule has 0 unspecified atom stereocenters. The van der Waals surface area contributed by atoms with Crippen molar-refractivity contribution >= 4 is 108 Å². The minimum atomic E-state index is -2.28. The van der Waals surface area contributed by atoms with Gasteiger partial charge in [0.15, 0.2) is 32.8 Å². The van der Waals surface area contributed by atoms with E-state index in [1.165, 1.54) is 10.6 Å². The number of nitrogens with one attached hydrogen (secondary N) is 2. The molecule has 43 heteroatoms. The van der Waals surface area contributed by atoms with Gasteiger partial charge in [-0.1, -0.05) is 10.0 Å². The Morgan fingerprint density at radius 2 is 0.642 bits per heavy atom. The molecule has 0 bridgehead atoms. The van der Waals surface area contributed by atoms with E-state index in [0.717, 1.165) is 0 Å². The van der Waals surface area contributed by atoms with Crippen molar-refractivity contribution in [1.82, 2.24) is 0 Å². The lowest BCUT2D eigenvalue weighted by Gasteiger charge is -2.18. The summed E-state index contributed by atoms with van der Waals surface area (Å²) in [7, 11) is 0. The first-order valence-corrected chi connectivity index (χ1v) is 16.4. The summed E-state index contributed by atoms with van der Waals surface area (Å²) in [4.78, 5) is 143. The van der Waals surface area contributed by atoms with Gasteiger partial charge in [-0.05, 0) is 0 Å². The molecule has 3 aromatic rings. The Labute approximate surface area is 359 Å². The highest BCUT2D eigenvalue weighted by molar-refractivity contribution is 6.06. The zero-order valence-electron chi connectivity index (χ0n) is 31.8. The number of hydrogen-bond acceptors (Lipinski definition) is 28. The third kappa shape index (κ3) is 9.50. The highest BCUT2D eigenvalue weighted by atomic mass is 16.7. The van der Waals surface area contributed by atoms with Gasteiger partial charge >= 0.3 is 51.2 Å². The summed E-state index contributed by atoms with van der Waals surface area (Å²) in [5.41, 5.74) is -7.71. The van der Waals surface area contributed by atoms with E-state index in [2.05, 4.69) is 0 Å². The molecular formula is C24H19N19O24. The van der Waals surface area contributed by atoms with Crippen LogP contribution in [0.3, 0.4) is 0 Å². The number of nitro groups is 11. The lowest BCUT2D eigenvalue weighted by molar-refractivity contribution is -0.500. The maximum absolute atomic E-state index is 13.1. The smallest absolute Gasteiger partial charge is 0.342 e. The van der Waals surface area contributed by atoms with Crippen LogP contribution in [0, 0.1) is 111 Å². The molecule has 0 fully saturated rings. The van der Waals surface area contributed by atoms with Gasteiger partial charge in [-0.3, -0.25) is 101 Å². The third-order valence-corrected chi connectivity index (χ3v) is 8.41. The summed E-state index contributed by atoms with van der Waals surface area (Å²) >= 11 is 0. The summed E-state index contributed by atoms with van der Waals surface area (Å²) in [6, 6.07) is -0.310. The average molecular weight is 958 g/mol. The maximum atomic E-state index is 13.1. The second-order valence-electron chi connectivity index (χ2n) is 12.1. The summed E-state index contributed by atoms with van der Waals surface area (Å²) in [5.74, 6) is -3.65. The minimum Gasteiger partial charge on any atom is -0.387 e. The Kier molecular flexibility index (Phi) is 14.1. The number of nitrogens with zero attached hydrogens (tertiary/aromatic N) is 13. The third-order valence-electron chi connectivity index (χ3n) is 8.41. The van der Waals surface area contributed by atoms with Crippen LogP contribution in [0.1, 0.15) is 12.8 Å². The van der Waals surface area contributed by atoms with E-state index in [4.69, 9.17) is 22.9 Å². The number of amides is 2. The van der Waals surface area contributed by atoms with Crippen molar-refractivity contribution in [3.05, 3.63) is 117 Å². The van der Waals surface area contributed by atoms with Crippen LogP contribution in [-0.4, -0.2) is 79.3 Å². The van der Waals surface area contributed by atoms with Gasteiger partial charge in [0.05, 0.1) is 76.3 Å². The second-order valence-corrected chi connectivity index (χ2v) is 12.1. The number of benzene rings is 3. The predicted octanol–water partition coefficient (Wildman–Crippen LogP) is 1.24. The number of hydrazine groups is 2. The van der Waals surface area contributed by atoms with Crippen LogP contribution in [0.15, 0.2) is 6.07 Å². The molecule has 0 saturated carbocycles. The molecule has 10 N–H and O–H groups in total. The Hall–Kier alpha value is -11.2. The van der Waals surface area contributed by atoms with Gasteiger partial charge in [0, 0.05) is 0 Å². The lowest BCUT2D eigenvalue weighted by Crippen LogP contribution is -2.37. The van der Waals surface area contributed by atoms with Gasteiger partial charge in [-0.15, -0.1) is 0 Å². The fraction of sp³-hybridized carbons (Fsp3) is 0.167. The number of carbonyl (C=O) groups is 2. The van der Waals surface area contributed by atoms with Crippen LogP contribution in [0.25, 0.3) is 0 Å². The minimum absolute atomic E-state index is 0.310. The first-order valence-electron chi connectivity index (χ1n) is 16.4. The lowest BCUT2D eigenvalue weighted by atomic mass is 10.1. The van der Waals surface area contributed by atoms with Gasteiger partial charge < -0.3 is 33.6 Å². The molecule has 0 saturated heterocycles. The highest BCUT2D eigenvalue weighted by Crippen LogP contribution is 2.53. The van der Waals surface area contributed by atoms with Crippen molar-refractivity contribution in [1.29, 1.82) is 0 Å². The molecule has 354 valence electrons. The van der Waals surface area contributed by atoms with E-state index in [-0.39, 0.29) is 6.07 Å². The largest absolute Gasteiger partial charge is 0.387 e. The molecular weight excluding hydrogens is 938 g/mol. The van der Waals surface area contributed by atoms with Crippen molar-refractivity contribution in [2.75, 3.05) is 56.7 Å². The van der Waals surface area contributed by atoms with E-state index in [9.17, 15) is 121 Å². The topological polar surface area (TPSA) is 643 Å². The average Bonchev–Trinajstić information content (AvgIpc) is 3.16. The second kappa shape index (κ2) is 18.8. The van der Waals surface area contributed by atoms with Crippen molar-refractivity contribution in [3.8, 4) is 0 Å². The van der Waals surface area contributed by atoms with Gasteiger partial charge in [-0.25, -0.2) is 20.2 Å². The number of carbonyl (C=O) groups excluding carboxylic acids is 2. The van der Waals surface area contributed by atoms with Crippen molar-refractivity contribution in [2.45, 2.75) is 12.8 Å². The Morgan fingerprint density at radius 3 is 0.836 bits per heavy atom. The fourth-order valence-corrected chi connectivity index (χ4v) is 5.84. The summed E-state index contributed by atoms with van der Waals surface area (Å²) in [5, 5.41) is 130. The van der Waals surface area contributed by atoms with Gasteiger partial charge in [-0.2, -0.15) is 0 Å². The standard InChI is InChI=1S/C24H19N19O24/c25-10-18(35(50)51)11(26)21(38(56)57)14(20(10)37(54)55)29-8(44)1-3-31(42(64)65)16-6(33(46)47)5-7(34(48)49)17(24(16)41(62)63)32(43(66)67)4-2-9(45)30-15-22(39(58)59)12(27)19(36(52)53)13(28)23(15)40(60)61/h5H,1-4,25-28H2,(H,29,44)(H,30,45). The summed E-state index contributed by atoms with van der Waals surface area (Å²) < 4.78 is 0. The molecule has 0 radical (unpaired) electrons. The molecule has 67 heavy (non-hydrogen) atoms. The first kappa shape index (κ1) is 50.2. The zero-order chi connectivity index (χ0) is 51.4. The van der Waals surface area contributed by atoms with E-state index in [1.54, 1.807) is 0 Å². The molecule has 0 aliphatic carbocycles. The molecule has 3 rings (SSSR count). The molecule has 43 nitrogen and oxygen atoms in total. The molecule has 0 spiro atoms. The Morgan fingerprint density at radius 1 is 0.403 bits per heavy atom. The normalized spacial score (nSPS) is 10.5. The van der Waals surface area contributed by atoms with Crippen molar-refractivity contribution < 1.29 is 64.0 Å². The van der Waals surface area contributed by atoms with Crippen LogP contribution in [0.2, 0.25) is 0 Å². The van der Waals surface area contributed by atoms with Gasteiger partial charge in [0.1, 0.15) is 0 Å². The first-order chi connectivity index (χ1) is 30.9. The number of nitro benzene ring substituents is 9. The van der Waals surface area contributed by atoms with Gasteiger partial charge in [0.25, 0.3) is 11.4 Å². The molecule has 0 heterocycles. The number of rotatable bonds is 21. The molecule has 3 aromatic carbocycles. The maximum Gasteiger partial charge on any atom is 0.342 e. The Bertz CT molecular complexity index is 2570. The van der Waals surface area contributed by atoms with Crippen LogP contribution in [0.4, 0.5) is 96.7 Å².